The fourth-order valence-corrected chi connectivity index (χ4v) is 1.31. The van der Waals surface area contributed by atoms with E-state index in [0.29, 0.717) is 0 Å². The minimum Gasteiger partial charge on any atom is -0.369 e. The summed E-state index contributed by atoms with van der Waals surface area (Å²) in [5.74, 6) is 0.826. The zero-order valence-corrected chi connectivity index (χ0v) is 8.70. The number of hydrogen-bond acceptors (Lipinski definition) is 3. The van der Waals surface area contributed by atoms with Crippen LogP contribution in [0, 0.1) is 0 Å². The summed E-state index contributed by atoms with van der Waals surface area (Å²) in [5.41, 5.74) is 1.85. The van der Waals surface area contributed by atoms with Crippen LogP contribution in [0.25, 0.3) is 11.4 Å². The maximum atomic E-state index is 4.13. The Morgan fingerprint density at radius 2 is 2.20 bits per heavy atom. The first-order chi connectivity index (χ1) is 7.40. The van der Waals surface area contributed by atoms with Crippen molar-refractivity contribution in [3.8, 4) is 11.4 Å². The largest absolute Gasteiger partial charge is 0.369 e. The highest BCUT2D eigenvalue weighted by atomic mass is 15.2. The fraction of sp³-hybridized carbons (Fsp3) is 0.273. The van der Waals surface area contributed by atoms with Gasteiger partial charge in [-0.25, -0.2) is 0 Å². The van der Waals surface area contributed by atoms with Gasteiger partial charge in [0.05, 0.1) is 5.69 Å². The summed E-state index contributed by atoms with van der Waals surface area (Å²) in [6.07, 6.45) is 2.96. The molecule has 15 heavy (non-hydrogen) atoms. The van der Waals surface area contributed by atoms with Crippen LogP contribution in [0.4, 0.5) is 5.82 Å². The van der Waals surface area contributed by atoms with E-state index < -0.39 is 0 Å². The molecule has 0 saturated carbocycles. The second kappa shape index (κ2) is 4.59. The lowest BCUT2D eigenvalue weighted by Crippen LogP contribution is -2.02. The number of aromatic nitrogens is 3. The van der Waals surface area contributed by atoms with Gasteiger partial charge in [-0.1, -0.05) is 6.92 Å². The molecule has 0 spiro atoms. The maximum absolute atomic E-state index is 4.13. The quantitative estimate of drug-likeness (QED) is 0.799. The second-order valence-corrected chi connectivity index (χ2v) is 3.31. The summed E-state index contributed by atoms with van der Waals surface area (Å²) in [6.45, 7) is 3.05. The monoisotopic (exact) mass is 202 g/mol. The van der Waals surface area contributed by atoms with E-state index in [9.17, 15) is 0 Å². The standard InChI is InChI=1S/C11H14N4/c1-2-7-13-11-6-5-10(14-15-11)9-4-3-8-12-9/h3-6,8,12H,2,7H2,1H3,(H,13,15). The van der Waals surface area contributed by atoms with Crippen LogP contribution in [0.2, 0.25) is 0 Å². The molecular weight excluding hydrogens is 188 g/mol. The Balaban J connectivity index is 2.11. The van der Waals surface area contributed by atoms with Crippen molar-refractivity contribution >= 4 is 5.82 Å². The summed E-state index contributed by atoms with van der Waals surface area (Å²) in [5, 5.41) is 11.4. The van der Waals surface area contributed by atoms with Crippen LogP contribution in [0.15, 0.2) is 30.5 Å². The Morgan fingerprint density at radius 1 is 1.27 bits per heavy atom. The SMILES string of the molecule is CCCNc1ccc(-c2ccc[nH]2)nn1. The normalized spacial score (nSPS) is 10.2. The minimum atomic E-state index is 0.826. The minimum absolute atomic E-state index is 0.826. The van der Waals surface area contributed by atoms with Gasteiger partial charge in [-0.05, 0) is 30.7 Å². The summed E-state index contributed by atoms with van der Waals surface area (Å²) >= 11 is 0. The van der Waals surface area contributed by atoms with E-state index >= 15 is 0 Å². The number of nitrogens with one attached hydrogen (secondary N) is 2. The Kier molecular flexibility index (Phi) is 2.97. The van der Waals surface area contributed by atoms with Gasteiger partial charge in [0.25, 0.3) is 0 Å². The molecule has 4 nitrogen and oxygen atoms in total. The van der Waals surface area contributed by atoms with Crippen molar-refractivity contribution in [2.24, 2.45) is 0 Å². The molecule has 0 aliphatic heterocycles. The number of nitrogens with zero attached hydrogens (tertiary/aromatic N) is 2. The first-order valence-corrected chi connectivity index (χ1v) is 5.11. The van der Waals surface area contributed by atoms with Gasteiger partial charge < -0.3 is 10.3 Å². The van der Waals surface area contributed by atoms with Crippen molar-refractivity contribution in [2.75, 3.05) is 11.9 Å². The zero-order valence-electron chi connectivity index (χ0n) is 8.70. The van der Waals surface area contributed by atoms with Crippen LogP contribution in [0.3, 0.4) is 0 Å². The average Bonchev–Trinajstić information content (AvgIpc) is 2.80. The van der Waals surface area contributed by atoms with E-state index in [1.807, 2.05) is 30.5 Å². The molecule has 0 aromatic carbocycles. The van der Waals surface area contributed by atoms with Gasteiger partial charge in [-0.3, -0.25) is 0 Å². The van der Waals surface area contributed by atoms with Crippen molar-refractivity contribution < 1.29 is 0 Å². The Labute approximate surface area is 88.8 Å². The fourth-order valence-electron chi connectivity index (χ4n) is 1.31. The smallest absolute Gasteiger partial charge is 0.148 e. The van der Waals surface area contributed by atoms with Crippen LogP contribution >= 0.6 is 0 Å². The molecule has 2 N–H and O–H groups in total. The van der Waals surface area contributed by atoms with Crippen LogP contribution in [0.5, 0.6) is 0 Å². The number of anilines is 1. The Bertz CT molecular complexity index is 391. The molecule has 2 aromatic heterocycles. The molecule has 4 heteroatoms. The molecule has 0 saturated heterocycles. The van der Waals surface area contributed by atoms with Gasteiger partial charge in [0.15, 0.2) is 0 Å². The van der Waals surface area contributed by atoms with Crippen LogP contribution < -0.4 is 5.32 Å². The molecule has 78 valence electrons. The highest BCUT2D eigenvalue weighted by Crippen LogP contribution is 2.13. The summed E-state index contributed by atoms with van der Waals surface area (Å²) in [7, 11) is 0. The first kappa shape index (κ1) is 9.71. The molecular formula is C11H14N4. The number of hydrogen-bond donors (Lipinski definition) is 2. The van der Waals surface area contributed by atoms with E-state index in [0.717, 1.165) is 30.2 Å². The molecule has 0 radical (unpaired) electrons. The highest BCUT2D eigenvalue weighted by Gasteiger charge is 2.00. The van der Waals surface area contributed by atoms with Crippen molar-refractivity contribution in [1.82, 2.24) is 15.2 Å². The van der Waals surface area contributed by atoms with Gasteiger partial charge in [0, 0.05) is 12.7 Å². The molecule has 0 fully saturated rings. The molecule has 0 unspecified atom stereocenters. The third kappa shape index (κ3) is 2.34. The van der Waals surface area contributed by atoms with E-state index in [1.54, 1.807) is 0 Å². The summed E-state index contributed by atoms with van der Waals surface area (Å²) in [4.78, 5) is 3.09. The lowest BCUT2D eigenvalue weighted by Gasteiger charge is -2.02. The molecule has 2 rings (SSSR count). The number of rotatable bonds is 4. The van der Waals surface area contributed by atoms with Gasteiger partial charge in [-0.15, -0.1) is 10.2 Å². The van der Waals surface area contributed by atoms with Crippen molar-refractivity contribution in [3.63, 3.8) is 0 Å². The van der Waals surface area contributed by atoms with Crippen LogP contribution in [-0.4, -0.2) is 21.7 Å². The van der Waals surface area contributed by atoms with Crippen molar-refractivity contribution in [1.29, 1.82) is 0 Å². The van der Waals surface area contributed by atoms with Gasteiger partial charge in [0.2, 0.25) is 0 Å². The summed E-state index contributed by atoms with van der Waals surface area (Å²) < 4.78 is 0. The van der Waals surface area contributed by atoms with E-state index in [2.05, 4.69) is 27.4 Å². The lowest BCUT2D eigenvalue weighted by molar-refractivity contribution is 0.944. The van der Waals surface area contributed by atoms with Crippen molar-refractivity contribution in [3.05, 3.63) is 30.5 Å². The Morgan fingerprint density at radius 3 is 2.80 bits per heavy atom. The Hall–Kier alpha value is -1.84. The van der Waals surface area contributed by atoms with Gasteiger partial charge >= 0.3 is 0 Å². The highest BCUT2D eigenvalue weighted by molar-refractivity contribution is 5.54. The topological polar surface area (TPSA) is 53.6 Å². The third-order valence-electron chi connectivity index (χ3n) is 2.09. The predicted molar refractivity (Wildman–Crippen MR) is 60.6 cm³/mol. The summed E-state index contributed by atoms with van der Waals surface area (Å²) in [6, 6.07) is 7.82. The molecule has 0 atom stereocenters. The number of H-pyrrole nitrogens is 1. The molecule has 2 aromatic rings. The molecule has 0 amide bonds. The van der Waals surface area contributed by atoms with Crippen LogP contribution in [-0.2, 0) is 0 Å². The van der Waals surface area contributed by atoms with E-state index in [4.69, 9.17) is 0 Å². The second-order valence-electron chi connectivity index (χ2n) is 3.31. The predicted octanol–water partition coefficient (Wildman–Crippen LogP) is 2.29. The zero-order chi connectivity index (χ0) is 10.5. The van der Waals surface area contributed by atoms with Gasteiger partial charge in [-0.2, -0.15) is 0 Å². The molecule has 0 bridgehead atoms. The van der Waals surface area contributed by atoms with E-state index in [-0.39, 0.29) is 0 Å². The number of aromatic amines is 1. The van der Waals surface area contributed by atoms with Gasteiger partial charge in [0.1, 0.15) is 11.5 Å². The third-order valence-corrected chi connectivity index (χ3v) is 2.09. The van der Waals surface area contributed by atoms with E-state index in [1.165, 1.54) is 0 Å². The molecule has 2 heterocycles. The first-order valence-electron chi connectivity index (χ1n) is 5.11. The maximum Gasteiger partial charge on any atom is 0.148 e. The molecule has 0 aliphatic carbocycles. The van der Waals surface area contributed by atoms with Crippen LogP contribution in [0.1, 0.15) is 13.3 Å². The van der Waals surface area contributed by atoms with Crippen molar-refractivity contribution in [2.45, 2.75) is 13.3 Å². The lowest BCUT2D eigenvalue weighted by atomic mass is 10.3. The molecule has 0 aliphatic rings. The average molecular weight is 202 g/mol.